The summed E-state index contributed by atoms with van der Waals surface area (Å²) in [5, 5.41) is 7.76. The van der Waals surface area contributed by atoms with Crippen molar-refractivity contribution >= 4 is 21.9 Å². The van der Waals surface area contributed by atoms with E-state index in [9.17, 15) is 0 Å². The van der Waals surface area contributed by atoms with Crippen molar-refractivity contribution in [2.45, 2.75) is 0 Å². The number of imidazole rings is 1. The van der Waals surface area contributed by atoms with Gasteiger partial charge in [0.05, 0.1) is 0 Å². The molecule has 0 aliphatic heterocycles. The normalized spacial score (nSPS) is 10.8. The van der Waals surface area contributed by atoms with Gasteiger partial charge in [-0.05, 0) is 15.9 Å². The van der Waals surface area contributed by atoms with Gasteiger partial charge >= 0.3 is 0 Å². The molecule has 3 aromatic rings. The van der Waals surface area contributed by atoms with Gasteiger partial charge in [0, 0.05) is 19.4 Å². The summed E-state index contributed by atoms with van der Waals surface area (Å²) in [7, 11) is 1.74. The van der Waals surface area contributed by atoms with Gasteiger partial charge in [0.2, 0.25) is 11.9 Å². The summed E-state index contributed by atoms with van der Waals surface area (Å²) in [6.45, 7) is 0. The first kappa shape index (κ1) is 11.7. The highest BCUT2D eigenvalue weighted by atomic mass is 79.9. The van der Waals surface area contributed by atoms with Crippen LogP contribution < -0.4 is 5.73 Å². The first-order valence-corrected chi connectivity index (χ1v) is 6.00. The van der Waals surface area contributed by atoms with Gasteiger partial charge in [-0.2, -0.15) is 15.0 Å². The minimum atomic E-state index is 0.113. The third-order valence-corrected chi connectivity index (χ3v) is 2.91. The van der Waals surface area contributed by atoms with Crippen LogP contribution in [0.4, 0.5) is 5.95 Å². The highest BCUT2D eigenvalue weighted by molar-refractivity contribution is 9.10. The Labute approximate surface area is 115 Å². The summed E-state index contributed by atoms with van der Waals surface area (Å²) in [5.41, 5.74) is 6.33. The minimum Gasteiger partial charge on any atom is -0.368 e. The highest BCUT2D eigenvalue weighted by Crippen LogP contribution is 2.23. The predicted octanol–water partition coefficient (Wildman–Crippen LogP) is 0.197. The molecule has 0 saturated heterocycles. The number of nitrogens with two attached hydrogens (primary N) is 1. The van der Waals surface area contributed by atoms with Crippen molar-refractivity contribution in [1.29, 1.82) is 0 Å². The molecule has 0 unspecified atom stereocenters. The Morgan fingerprint density at radius 2 is 2.11 bits per heavy atom. The molecule has 3 aromatic heterocycles. The fourth-order valence-electron chi connectivity index (χ4n) is 1.55. The van der Waals surface area contributed by atoms with Crippen molar-refractivity contribution in [2.75, 3.05) is 5.73 Å². The molecule has 0 aliphatic rings. The van der Waals surface area contributed by atoms with Crippen LogP contribution in [0, 0.1) is 0 Å². The standard InChI is InChI=1S/C9H8BrN9/c1-18-5(6(10)16-17-18)7-13-8(11)15-9(14-7)19-3-2-12-4-19/h2-4H,1H3,(H2,11,13,14,15). The van der Waals surface area contributed by atoms with E-state index in [1.807, 2.05) is 0 Å². The molecular weight excluding hydrogens is 314 g/mol. The molecule has 0 fully saturated rings. The van der Waals surface area contributed by atoms with E-state index in [0.29, 0.717) is 22.1 Å². The van der Waals surface area contributed by atoms with Crippen molar-refractivity contribution in [2.24, 2.45) is 7.05 Å². The van der Waals surface area contributed by atoms with E-state index < -0.39 is 0 Å². The smallest absolute Gasteiger partial charge is 0.240 e. The Hall–Kier alpha value is -2.36. The Morgan fingerprint density at radius 1 is 1.26 bits per heavy atom. The van der Waals surface area contributed by atoms with Crippen LogP contribution in [0.3, 0.4) is 0 Å². The second-order valence-electron chi connectivity index (χ2n) is 3.64. The van der Waals surface area contributed by atoms with Crippen molar-refractivity contribution in [3.8, 4) is 17.5 Å². The third-order valence-electron chi connectivity index (χ3n) is 2.37. The van der Waals surface area contributed by atoms with Gasteiger partial charge in [0.1, 0.15) is 12.0 Å². The third kappa shape index (κ3) is 2.05. The number of hydrogen-bond donors (Lipinski definition) is 1. The molecule has 10 heteroatoms. The van der Waals surface area contributed by atoms with E-state index in [2.05, 4.69) is 46.2 Å². The van der Waals surface area contributed by atoms with Crippen molar-refractivity contribution in [3.63, 3.8) is 0 Å². The molecule has 0 aromatic carbocycles. The molecule has 3 heterocycles. The summed E-state index contributed by atoms with van der Waals surface area (Å²) < 4.78 is 3.73. The molecule has 19 heavy (non-hydrogen) atoms. The zero-order valence-electron chi connectivity index (χ0n) is 9.77. The molecule has 0 aliphatic carbocycles. The fraction of sp³-hybridized carbons (Fsp3) is 0.111. The number of halogens is 1. The van der Waals surface area contributed by atoms with Crippen LogP contribution >= 0.6 is 15.9 Å². The molecule has 0 bridgehead atoms. The van der Waals surface area contributed by atoms with Crippen molar-refractivity contribution in [3.05, 3.63) is 23.3 Å². The van der Waals surface area contributed by atoms with Crippen LogP contribution in [0.15, 0.2) is 23.3 Å². The average molecular weight is 322 g/mol. The van der Waals surface area contributed by atoms with E-state index in [1.54, 1.807) is 35.0 Å². The largest absolute Gasteiger partial charge is 0.368 e. The lowest BCUT2D eigenvalue weighted by atomic mass is 10.4. The zero-order valence-corrected chi connectivity index (χ0v) is 11.4. The van der Waals surface area contributed by atoms with Gasteiger partial charge in [0.25, 0.3) is 0 Å². The van der Waals surface area contributed by atoms with E-state index in [4.69, 9.17) is 5.73 Å². The van der Waals surface area contributed by atoms with Crippen LogP contribution in [0.1, 0.15) is 0 Å². The fourth-order valence-corrected chi connectivity index (χ4v) is 2.05. The quantitative estimate of drug-likeness (QED) is 0.717. The number of aromatic nitrogens is 8. The van der Waals surface area contributed by atoms with Gasteiger partial charge in [-0.1, -0.05) is 5.21 Å². The second-order valence-corrected chi connectivity index (χ2v) is 4.39. The second kappa shape index (κ2) is 4.39. The summed E-state index contributed by atoms with van der Waals surface area (Å²) in [4.78, 5) is 16.4. The minimum absolute atomic E-state index is 0.113. The maximum absolute atomic E-state index is 5.71. The first-order chi connectivity index (χ1) is 9.15. The lowest BCUT2D eigenvalue weighted by molar-refractivity contribution is 0.715. The molecule has 0 spiro atoms. The molecule has 0 atom stereocenters. The number of aryl methyl sites for hydroxylation is 1. The van der Waals surface area contributed by atoms with E-state index in [1.165, 1.54) is 0 Å². The lowest BCUT2D eigenvalue weighted by Crippen LogP contribution is -2.08. The van der Waals surface area contributed by atoms with E-state index in [0.717, 1.165) is 0 Å². The van der Waals surface area contributed by atoms with E-state index in [-0.39, 0.29) is 5.95 Å². The molecule has 0 amide bonds. The van der Waals surface area contributed by atoms with Gasteiger partial charge < -0.3 is 5.73 Å². The van der Waals surface area contributed by atoms with Crippen LogP contribution in [-0.2, 0) is 7.05 Å². The van der Waals surface area contributed by atoms with Crippen molar-refractivity contribution < 1.29 is 0 Å². The number of nitrogens with zero attached hydrogens (tertiary/aromatic N) is 8. The molecule has 96 valence electrons. The number of nitrogen functional groups attached to an aromatic ring is 1. The molecule has 3 rings (SSSR count). The molecule has 0 radical (unpaired) electrons. The van der Waals surface area contributed by atoms with Crippen LogP contribution in [0.25, 0.3) is 17.5 Å². The van der Waals surface area contributed by atoms with Crippen LogP contribution in [0.5, 0.6) is 0 Å². The maximum atomic E-state index is 5.71. The molecular formula is C9H8BrN9. The Balaban J connectivity index is 2.18. The van der Waals surface area contributed by atoms with Gasteiger partial charge in [0.15, 0.2) is 10.4 Å². The summed E-state index contributed by atoms with van der Waals surface area (Å²) in [6.07, 6.45) is 4.92. The number of rotatable bonds is 2. The van der Waals surface area contributed by atoms with Gasteiger partial charge in [-0.25, -0.2) is 9.67 Å². The van der Waals surface area contributed by atoms with Crippen LogP contribution in [0.2, 0.25) is 0 Å². The zero-order chi connectivity index (χ0) is 13.4. The van der Waals surface area contributed by atoms with Gasteiger partial charge in [-0.3, -0.25) is 4.57 Å². The average Bonchev–Trinajstić information content (AvgIpc) is 2.99. The summed E-state index contributed by atoms with van der Waals surface area (Å²) in [5.74, 6) is 0.880. The van der Waals surface area contributed by atoms with Crippen LogP contribution in [-0.4, -0.2) is 39.5 Å². The number of anilines is 1. The summed E-state index contributed by atoms with van der Waals surface area (Å²) >= 11 is 3.30. The SMILES string of the molecule is Cn1nnc(Br)c1-c1nc(N)nc(-n2ccnc2)n1. The topological polar surface area (TPSA) is 113 Å². The van der Waals surface area contributed by atoms with Crippen molar-refractivity contribution in [1.82, 2.24) is 39.5 Å². The molecule has 9 nitrogen and oxygen atoms in total. The lowest BCUT2D eigenvalue weighted by Gasteiger charge is -2.05. The molecule has 2 N–H and O–H groups in total. The Morgan fingerprint density at radius 3 is 2.74 bits per heavy atom. The Kier molecular flexibility index (Phi) is 2.71. The first-order valence-electron chi connectivity index (χ1n) is 5.20. The van der Waals surface area contributed by atoms with Gasteiger partial charge in [-0.15, -0.1) is 5.10 Å². The maximum Gasteiger partial charge on any atom is 0.240 e. The predicted molar refractivity (Wildman–Crippen MR) is 69.1 cm³/mol. The molecule has 0 saturated carbocycles. The Bertz CT molecular complexity index is 698. The van der Waals surface area contributed by atoms with E-state index >= 15 is 0 Å². The monoisotopic (exact) mass is 321 g/mol. The summed E-state index contributed by atoms with van der Waals surface area (Å²) in [6, 6.07) is 0. The number of hydrogen-bond acceptors (Lipinski definition) is 7. The highest BCUT2D eigenvalue weighted by Gasteiger charge is 2.16.